The van der Waals surface area contributed by atoms with E-state index >= 15 is 0 Å². The standard InChI is InChI=1S/C20H22N2O7S/c1-12(8-19(23)21-15-9-13(27-2)4-6-17(15)28-3)30(25,26)14-5-7-18-16(10-14)22-20(24)11-29-18/h4-7,9-10,12H,8,11H2,1-3H3,(H,21,23)(H,22,24). The highest BCUT2D eigenvalue weighted by atomic mass is 32.2. The lowest BCUT2D eigenvalue weighted by molar-refractivity contribution is -0.118. The number of benzene rings is 2. The molecule has 1 aliphatic rings. The molecule has 0 saturated carbocycles. The van der Waals surface area contributed by atoms with Crippen LogP contribution in [-0.2, 0) is 19.4 Å². The molecule has 1 aliphatic heterocycles. The molecular weight excluding hydrogens is 412 g/mol. The summed E-state index contributed by atoms with van der Waals surface area (Å²) in [5.74, 6) is 0.475. The van der Waals surface area contributed by atoms with Gasteiger partial charge in [-0.15, -0.1) is 0 Å². The van der Waals surface area contributed by atoms with Crippen LogP contribution in [0.1, 0.15) is 13.3 Å². The predicted molar refractivity (Wildman–Crippen MR) is 110 cm³/mol. The van der Waals surface area contributed by atoms with Crippen LogP contribution in [0.15, 0.2) is 41.3 Å². The lowest BCUT2D eigenvalue weighted by atomic mass is 10.2. The maximum Gasteiger partial charge on any atom is 0.262 e. The Morgan fingerprint density at radius 2 is 1.97 bits per heavy atom. The summed E-state index contributed by atoms with van der Waals surface area (Å²) < 4.78 is 41.5. The van der Waals surface area contributed by atoms with Crippen molar-refractivity contribution in [3.05, 3.63) is 36.4 Å². The minimum Gasteiger partial charge on any atom is -0.497 e. The smallest absolute Gasteiger partial charge is 0.262 e. The quantitative estimate of drug-likeness (QED) is 0.686. The number of amides is 2. The second-order valence-electron chi connectivity index (χ2n) is 6.67. The normalized spacial score (nSPS) is 14.0. The van der Waals surface area contributed by atoms with E-state index in [1.165, 1.54) is 39.3 Å². The van der Waals surface area contributed by atoms with Gasteiger partial charge in [0.1, 0.15) is 17.2 Å². The van der Waals surface area contributed by atoms with Gasteiger partial charge in [-0.3, -0.25) is 9.59 Å². The number of carbonyl (C=O) groups excluding carboxylic acids is 2. The van der Waals surface area contributed by atoms with Gasteiger partial charge in [-0.25, -0.2) is 8.42 Å². The van der Waals surface area contributed by atoms with Crippen molar-refractivity contribution in [1.82, 2.24) is 0 Å². The van der Waals surface area contributed by atoms with Crippen molar-refractivity contribution in [3.8, 4) is 17.2 Å². The van der Waals surface area contributed by atoms with E-state index < -0.39 is 21.0 Å². The molecule has 2 aromatic rings. The Balaban J connectivity index is 1.75. The molecule has 3 rings (SSSR count). The first-order valence-electron chi connectivity index (χ1n) is 9.07. The molecule has 0 radical (unpaired) electrons. The van der Waals surface area contributed by atoms with Crippen LogP contribution in [0.4, 0.5) is 11.4 Å². The summed E-state index contributed by atoms with van der Waals surface area (Å²) in [6.45, 7) is 1.33. The molecule has 1 heterocycles. The average molecular weight is 434 g/mol. The summed E-state index contributed by atoms with van der Waals surface area (Å²) in [6.07, 6.45) is -0.275. The van der Waals surface area contributed by atoms with Crippen molar-refractivity contribution in [3.63, 3.8) is 0 Å². The van der Waals surface area contributed by atoms with Crippen LogP contribution in [0.3, 0.4) is 0 Å². The highest BCUT2D eigenvalue weighted by Crippen LogP contribution is 2.32. The van der Waals surface area contributed by atoms with E-state index in [1.54, 1.807) is 18.2 Å². The maximum atomic E-state index is 12.9. The number of hydrogen-bond acceptors (Lipinski definition) is 7. The first kappa shape index (κ1) is 21.4. The molecule has 1 atom stereocenters. The second-order valence-corrected chi connectivity index (χ2v) is 9.04. The Labute approximate surface area is 174 Å². The molecule has 2 N–H and O–H groups in total. The number of anilines is 2. The van der Waals surface area contributed by atoms with Gasteiger partial charge >= 0.3 is 0 Å². The van der Waals surface area contributed by atoms with Crippen molar-refractivity contribution in [2.24, 2.45) is 0 Å². The Kier molecular flexibility index (Phi) is 6.16. The van der Waals surface area contributed by atoms with Gasteiger partial charge in [0.2, 0.25) is 5.91 Å². The Morgan fingerprint density at radius 3 is 2.67 bits per heavy atom. The zero-order chi connectivity index (χ0) is 21.9. The summed E-state index contributed by atoms with van der Waals surface area (Å²) in [5, 5.41) is 4.23. The van der Waals surface area contributed by atoms with E-state index in [4.69, 9.17) is 14.2 Å². The van der Waals surface area contributed by atoms with Gasteiger partial charge in [-0.05, 0) is 37.3 Å². The van der Waals surface area contributed by atoms with Crippen LogP contribution in [0.25, 0.3) is 0 Å². The predicted octanol–water partition coefficient (Wildman–Crippen LogP) is 2.23. The lowest BCUT2D eigenvalue weighted by Crippen LogP contribution is -2.27. The molecule has 0 aliphatic carbocycles. The number of methoxy groups -OCH3 is 2. The number of fused-ring (bicyclic) bond motifs is 1. The first-order valence-corrected chi connectivity index (χ1v) is 10.6. The molecule has 30 heavy (non-hydrogen) atoms. The van der Waals surface area contributed by atoms with E-state index in [-0.39, 0.29) is 29.5 Å². The monoisotopic (exact) mass is 434 g/mol. The van der Waals surface area contributed by atoms with Crippen molar-refractivity contribution < 1.29 is 32.2 Å². The summed E-state index contributed by atoms with van der Waals surface area (Å²) in [4.78, 5) is 24.0. The fraction of sp³-hybridized carbons (Fsp3) is 0.300. The number of carbonyl (C=O) groups is 2. The maximum absolute atomic E-state index is 12.9. The molecule has 160 valence electrons. The minimum atomic E-state index is -3.83. The average Bonchev–Trinajstić information content (AvgIpc) is 2.72. The zero-order valence-corrected chi connectivity index (χ0v) is 17.5. The summed E-state index contributed by atoms with van der Waals surface area (Å²) in [5.41, 5.74) is 0.658. The summed E-state index contributed by atoms with van der Waals surface area (Å²) in [7, 11) is -0.874. The summed E-state index contributed by atoms with van der Waals surface area (Å²) >= 11 is 0. The molecule has 0 spiro atoms. The largest absolute Gasteiger partial charge is 0.497 e. The summed E-state index contributed by atoms with van der Waals surface area (Å²) in [6, 6.07) is 9.11. The second kappa shape index (κ2) is 8.62. The van der Waals surface area contributed by atoms with Crippen LogP contribution >= 0.6 is 0 Å². The van der Waals surface area contributed by atoms with Gasteiger partial charge in [-0.1, -0.05) is 0 Å². The van der Waals surface area contributed by atoms with Gasteiger partial charge in [0.15, 0.2) is 16.4 Å². The lowest BCUT2D eigenvalue weighted by Gasteiger charge is -2.19. The van der Waals surface area contributed by atoms with Crippen LogP contribution in [-0.4, -0.2) is 46.3 Å². The highest BCUT2D eigenvalue weighted by Gasteiger charge is 2.28. The van der Waals surface area contributed by atoms with Gasteiger partial charge in [0.25, 0.3) is 5.91 Å². The van der Waals surface area contributed by atoms with E-state index in [9.17, 15) is 18.0 Å². The third-order valence-corrected chi connectivity index (χ3v) is 6.73. The van der Waals surface area contributed by atoms with Crippen LogP contribution in [0, 0.1) is 0 Å². The van der Waals surface area contributed by atoms with Crippen LogP contribution < -0.4 is 24.8 Å². The van der Waals surface area contributed by atoms with Gasteiger partial charge < -0.3 is 24.8 Å². The molecule has 2 amide bonds. The van der Waals surface area contributed by atoms with Crippen LogP contribution in [0.5, 0.6) is 17.2 Å². The fourth-order valence-corrected chi connectivity index (χ4v) is 4.33. The fourth-order valence-electron chi connectivity index (χ4n) is 2.96. The Bertz CT molecular complexity index is 1080. The molecule has 10 heteroatoms. The molecule has 0 aromatic heterocycles. The van der Waals surface area contributed by atoms with E-state index in [0.29, 0.717) is 22.9 Å². The molecule has 0 fully saturated rings. The first-order chi connectivity index (χ1) is 14.2. The Hall–Kier alpha value is -3.27. The molecule has 2 aromatic carbocycles. The molecule has 1 unspecified atom stereocenters. The molecular formula is C20H22N2O7S. The number of nitrogens with one attached hydrogen (secondary N) is 2. The third-order valence-electron chi connectivity index (χ3n) is 4.60. The van der Waals surface area contributed by atoms with Gasteiger partial charge in [0, 0.05) is 12.5 Å². The SMILES string of the molecule is COc1ccc(OC)c(NC(=O)CC(C)S(=O)(=O)c2ccc3c(c2)NC(=O)CO3)c1. The topological polar surface area (TPSA) is 120 Å². The van der Waals surface area contributed by atoms with E-state index in [2.05, 4.69) is 10.6 Å². The van der Waals surface area contributed by atoms with Crippen molar-refractivity contribution in [1.29, 1.82) is 0 Å². The Morgan fingerprint density at radius 1 is 1.20 bits per heavy atom. The molecule has 9 nitrogen and oxygen atoms in total. The molecule has 0 bridgehead atoms. The van der Waals surface area contributed by atoms with Crippen LogP contribution in [0.2, 0.25) is 0 Å². The van der Waals surface area contributed by atoms with E-state index in [0.717, 1.165) is 0 Å². The van der Waals surface area contributed by atoms with Crippen molar-refractivity contribution >= 4 is 33.0 Å². The van der Waals surface area contributed by atoms with Crippen molar-refractivity contribution in [2.75, 3.05) is 31.5 Å². The molecule has 0 saturated heterocycles. The van der Waals surface area contributed by atoms with Gasteiger partial charge in [0.05, 0.1) is 35.7 Å². The number of rotatable bonds is 7. The third kappa shape index (κ3) is 4.48. The minimum absolute atomic E-state index is 0.00805. The highest BCUT2D eigenvalue weighted by molar-refractivity contribution is 7.92. The van der Waals surface area contributed by atoms with Crippen molar-refractivity contribution in [2.45, 2.75) is 23.5 Å². The number of ether oxygens (including phenoxy) is 3. The zero-order valence-electron chi connectivity index (χ0n) is 16.7. The van der Waals surface area contributed by atoms with E-state index in [1.807, 2.05) is 0 Å². The van der Waals surface area contributed by atoms with Gasteiger partial charge in [-0.2, -0.15) is 0 Å². The number of sulfone groups is 1. The number of hydrogen-bond donors (Lipinski definition) is 2.